The van der Waals surface area contributed by atoms with Crippen molar-refractivity contribution in [3.63, 3.8) is 0 Å². The van der Waals surface area contributed by atoms with Gasteiger partial charge in [0.2, 0.25) is 5.75 Å². The number of nitro benzene ring substituents is 1. The Balaban J connectivity index is 1.77. The highest BCUT2D eigenvalue weighted by Gasteiger charge is 2.24. The van der Waals surface area contributed by atoms with Gasteiger partial charge in [-0.05, 0) is 38.5 Å². The van der Waals surface area contributed by atoms with Crippen LogP contribution in [-0.4, -0.2) is 43.5 Å². The Kier molecular flexibility index (Phi) is 7.59. The minimum Gasteiger partial charge on any atom is -0.490 e. The fraction of sp³-hybridized carbons (Fsp3) is 0.364. The van der Waals surface area contributed by atoms with Crippen molar-refractivity contribution >= 4 is 17.6 Å². The number of ether oxygens (including phenoxy) is 3. The summed E-state index contributed by atoms with van der Waals surface area (Å²) in [5, 5.41) is 18.2. The second-order valence-electron chi connectivity index (χ2n) is 8.48. The summed E-state index contributed by atoms with van der Waals surface area (Å²) in [6.07, 6.45) is 0.686. The van der Waals surface area contributed by atoms with Gasteiger partial charge in [0, 0.05) is 19.2 Å². The van der Waals surface area contributed by atoms with Crippen molar-refractivity contribution in [3.05, 3.63) is 57.8 Å². The van der Waals surface area contributed by atoms with E-state index in [0.29, 0.717) is 11.1 Å². The zero-order chi connectivity index (χ0) is 25.8. The van der Waals surface area contributed by atoms with Crippen molar-refractivity contribution < 1.29 is 28.3 Å². The van der Waals surface area contributed by atoms with Crippen LogP contribution in [0.4, 0.5) is 20.7 Å². The Morgan fingerprint density at radius 1 is 1.23 bits per heavy atom. The number of nitro groups is 1. The minimum absolute atomic E-state index is 0.0228. The van der Waals surface area contributed by atoms with Crippen LogP contribution in [0.15, 0.2) is 30.6 Å². The Hall–Kier alpha value is -4.13. The molecule has 0 aliphatic rings. The monoisotopic (exact) mass is 488 g/mol. The van der Waals surface area contributed by atoms with Gasteiger partial charge in [0.05, 0.1) is 36.5 Å². The van der Waals surface area contributed by atoms with E-state index in [9.17, 15) is 19.3 Å². The molecule has 0 saturated heterocycles. The number of aromatic nitrogens is 4. The van der Waals surface area contributed by atoms with Gasteiger partial charge in [-0.3, -0.25) is 20.1 Å². The zero-order valence-corrected chi connectivity index (χ0v) is 19.9. The molecule has 0 bridgehead atoms. The number of hydrogen-bond acceptors (Lipinski definition) is 9. The first-order chi connectivity index (χ1) is 16.4. The van der Waals surface area contributed by atoms with Gasteiger partial charge in [0.25, 0.3) is 0 Å². The van der Waals surface area contributed by atoms with E-state index in [0.717, 1.165) is 12.1 Å². The number of nitrogens with zero attached hydrogens (tertiary/aromatic N) is 5. The van der Waals surface area contributed by atoms with Crippen LogP contribution in [0.5, 0.6) is 5.75 Å². The first kappa shape index (κ1) is 25.5. The van der Waals surface area contributed by atoms with Crippen LogP contribution < -0.4 is 10.1 Å². The number of methoxy groups -OCH3 is 1. The summed E-state index contributed by atoms with van der Waals surface area (Å²) < 4.78 is 31.5. The lowest BCUT2D eigenvalue weighted by molar-refractivity contribution is -0.385. The van der Waals surface area contributed by atoms with Gasteiger partial charge in [0.1, 0.15) is 23.6 Å². The van der Waals surface area contributed by atoms with Crippen molar-refractivity contribution in [1.29, 1.82) is 0 Å². The van der Waals surface area contributed by atoms with E-state index >= 15 is 0 Å². The second-order valence-corrected chi connectivity index (χ2v) is 8.48. The van der Waals surface area contributed by atoms with E-state index in [1.54, 1.807) is 33.9 Å². The number of nitrogens with one attached hydrogen (secondary N) is 1. The van der Waals surface area contributed by atoms with Gasteiger partial charge in [-0.1, -0.05) is 0 Å². The third-order valence-electron chi connectivity index (χ3n) is 4.36. The standard InChI is InChI=1S/C22H25FN6O6/c1-22(2,3)35-21(30)26-18-9-14(23)8-15(25-18)11-34-10-13-6-16(20-24-12-28(4)27-20)19(33-5)17(7-13)29(31)32/h6-9,12H,10-11H2,1-5H3,(H,25,26,30). The van der Waals surface area contributed by atoms with Crippen LogP contribution in [0.2, 0.25) is 0 Å². The molecule has 0 aliphatic carbocycles. The van der Waals surface area contributed by atoms with Crippen LogP contribution >= 0.6 is 0 Å². The maximum absolute atomic E-state index is 14.0. The molecule has 13 heteroatoms. The number of carbonyl (C=O) groups excluding carboxylic acids is 1. The molecule has 0 fully saturated rings. The summed E-state index contributed by atoms with van der Waals surface area (Å²) in [6, 6.07) is 5.14. The predicted octanol–water partition coefficient (Wildman–Crippen LogP) is 4.00. The second kappa shape index (κ2) is 10.4. The first-order valence-corrected chi connectivity index (χ1v) is 10.4. The predicted molar refractivity (Wildman–Crippen MR) is 122 cm³/mol. The maximum Gasteiger partial charge on any atom is 0.413 e. The van der Waals surface area contributed by atoms with Gasteiger partial charge >= 0.3 is 11.8 Å². The molecule has 0 radical (unpaired) electrons. The molecule has 0 unspecified atom stereocenters. The normalized spacial score (nSPS) is 11.3. The van der Waals surface area contributed by atoms with Gasteiger partial charge in [-0.2, -0.15) is 5.10 Å². The molecule has 0 saturated carbocycles. The molecule has 0 atom stereocenters. The average molecular weight is 488 g/mol. The largest absolute Gasteiger partial charge is 0.490 e. The number of aryl methyl sites for hydroxylation is 1. The molecule has 1 amide bonds. The van der Waals surface area contributed by atoms with Crippen molar-refractivity contribution in [1.82, 2.24) is 19.7 Å². The summed E-state index contributed by atoms with van der Waals surface area (Å²) >= 11 is 0. The van der Waals surface area contributed by atoms with Gasteiger partial charge < -0.3 is 14.2 Å². The molecule has 2 heterocycles. The fourth-order valence-electron chi connectivity index (χ4n) is 3.10. The summed E-state index contributed by atoms with van der Waals surface area (Å²) in [4.78, 5) is 31.3. The Morgan fingerprint density at radius 3 is 2.57 bits per heavy atom. The Labute approximate surface area is 200 Å². The lowest BCUT2D eigenvalue weighted by Crippen LogP contribution is -2.27. The quantitative estimate of drug-likeness (QED) is 0.367. The molecule has 35 heavy (non-hydrogen) atoms. The summed E-state index contributed by atoms with van der Waals surface area (Å²) in [5.74, 6) is -0.400. The number of rotatable bonds is 8. The van der Waals surface area contributed by atoms with E-state index in [1.165, 1.54) is 24.2 Å². The third kappa shape index (κ3) is 6.93. The lowest BCUT2D eigenvalue weighted by Gasteiger charge is -2.19. The maximum atomic E-state index is 14.0. The highest BCUT2D eigenvalue weighted by Crippen LogP contribution is 2.37. The van der Waals surface area contributed by atoms with Crippen LogP contribution in [-0.2, 0) is 29.7 Å². The summed E-state index contributed by atoms with van der Waals surface area (Å²) in [6.45, 7) is 4.91. The number of benzene rings is 1. The third-order valence-corrected chi connectivity index (χ3v) is 4.36. The van der Waals surface area contributed by atoms with Crippen LogP contribution in [0.1, 0.15) is 32.0 Å². The van der Waals surface area contributed by atoms with Crippen molar-refractivity contribution in [2.45, 2.75) is 39.6 Å². The first-order valence-electron chi connectivity index (χ1n) is 10.4. The number of pyridine rings is 1. The zero-order valence-electron chi connectivity index (χ0n) is 19.9. The molecule has 186 valence electrons. The van der Waals surface area contributed by atoms with E-state index in [2.05, 4.69) is 20.4 Å². The van der Waals surface area contributed by atoms with Crippen molar-refractivity contribution in [3.8, 4) is 17.1 Å². The summed E-state index contributed by atoms with van der Waals surface area (Å²) in [5.41, 5.74) is -0.0277. The van der Waals surface area contributed by atoms with Gasteiger partial charge in [-0.25, -0.2) is 19.2 Å². The molecule has 1 aromatic carbocycles. The SMILES string of the molecule is COc1c(-c2ncn(C)n2)cc(COCc2cc(F)cc(NC(=O)OC(C)(C)C)n2)cc1[N+](=O)[O-]. The molecular formula is C22H25FN6O6. The van der Waals surface area contributed by atoms with Gasteiger partial charge in [-0.15, -0.1) is 0 Å². The van der Waals surface area contributed by atoms with Crippen molar-refractivity contribution in [2.75, 3.05) is 12.4 Å². The highest BCUT2D eigenvalue weighted by atomic mass is 19.1. The minimum atomic E-state index is -0.774. The number of amides is 1. The van der Waals surface area contributed by atoms with E-state index in [1.807, 2.05) is 0 Å². The van der Waals surface area contributed by atoms with E-state index < -0.39 is 22.4 Å². The molecular weight excluding hydrogens is 463 g/mol. The average Bonchev–Trinajstić information content (AvgIpc) is 3.17. The topological polar surface area (TPSA) is 144 Å². The molecule has 3 rings (SSSR count). The van der Waals surface area contributed by atoms with Crippen LogP contribution in [0, 0.1) is 15.9 Å². The molecule has 12 nitrogen and oxygen atoms in total. The number of hydrogen-bond donors (Lipinski definition) is 1. The van der Waals surface area contributed by atoms with Crippen LogP contribution in [0.25, 0.3) is 11.4 Å². The fourth-order valence-corrected chi connectivity index (χ4v) is 3.10. The molecule has 0 spiro atoms. The number of carbonyl (C=O) groups is 1. The number of anilines is 1. The summed E-state index contributed by atoms with van der Waals surface area (Å²) in [7, 11) is 2.99. The number of halogens is 1. The van der Waals surface area contributed by atoms with Gasteiger partial charge in [0.15, 0.2) is 5.82 Å². The molecule has 2 aromatic heterocycles. The lowest BCUT2D eigenvalue weighted by atomic mass is 10.1. The van der Waals surface area contributed by atoms with Crippen molar-refractivity contribution in [2.24, 2.45) is 7.05 Å². The Morgan fingerprint density at radius 2 is 1.97 bits per heavy atom. The molecule has 1 N–H and O–H groups in total. The van der Waals surface area contributed by atoms with E-state index in [4.69, 9.17) is 14.2 Å². The van der Waals surface area contributed by atoms with E-state index in [-0.39, 0.29) is 42.0 Å². The molecule has 0 aliphatic heterocycles. The van der Waals surface area contributed by atoms with Crippen LogP contribution in [0.3, 0.4) is 0 Å². The molecule has 3 aromatic rings. The Bertz CT molecular complexity index is 1240. The highest BCUT2D eigenvalue weighted by molar-refractivity contribution is 5.83. The smallest absolute Gasteiger partial charge is 0.413 e.